The van der Waals surface area contributed by atoms with E-state index in [4.69, 9.17) is 5.26 Å². The zero-order valence-corrected chi connectivity index (χ0v) is 6.48. The van der Waals surface area contributed by atoms with Gasteiger partial charge >= 0.3 is 0 Å². The Kier molecular flexibility index (Phi) is 2.29. The standard InChI is InChI=1S/C8H14N2/c1-8(3-2-5-9)4-6-10-7-8/h10H,2-4,6-7H2,1H3/t8-/m1/s1. The van der Waals surface area contributed by atoms with Crippen molar-refractivity contribution in [3.8, 4) is 6.07 Å². The molecular formula is C8H14N2. The van der Waals surface area contributed by atoms with Gasteiger partial charge in [0.05, 0.1) is 6.07 Å². The highest BCUT2D eigenvalue weighted by molar-refractivity contribution is 4.86. The fourth-order valence-electron chi connectivity index (χ4n) is 1.44. The van der Waals surface area contributed by atoms with Crippen LogP contribution in [-0.4, -0.2) is 13.1 Å². The Bertz CT molecular complexity index is 140. The van der Waals surface area contributed by atoms with Crippen LogP contribution < -0.4 is 5.32 Å². The minimum atomic E-state index is 0.412. The lowest BCUT2D eigenvalue weighted by Crippen LogP contribution is -2.19. The monoisotopic (exact) mass is 138 g/mol. The fourth-order valence-corrected chi connectivity index (χ4v) is 1.44. The Labute approximate surface area is 62.2 Å². The van der Waals surface area contributed by atoms with Crippen molar-refractivity contribution in [2.75, 3.05) is 13.1 Å². The third kappa shape index (κ3) is 1.71. The lowest BCUT2D eigenvalue weighted by Gasteiger charge is -2.20. The summed E-state index contributed by atoms with van der Waals surface area (Å²) in [6.45, 7) is 4.47. The second kappa shape index (κ2) is 3.03. The Morgan fingerprint density at radius 3 is 3.00 bits per heavy atom. The molecule has 2 heteroatoms. The van der Waals surface area contributed by atoms with Gasteiger partial charge in [0.15, 0.2) is 0 Å². The molecule has 0 spiro atoms. The quantitative estimate of drug-likeness (QED) is 0.624. The van der Waals surface area contributed by atoms with Crippen LogP contribution in [0.3, 0.4) is 0 Å². The van der Waals surface area contributed by atoms with Gasteiger partial charge in [-0.15, -0.1) is 0 Å². The maximum atomic E-state index is 8.37. The van der Waals surface area contributed by atoms with Crippen molar-refractivity contribution in [3.05, 3.63) is 0 Å². The van der Waals surface area contributed by atoms with E-state index in [2.05, 4.69) is 18.3 Å². The highest BCUT2D eigenvalue weighted by Crippen LogP contribution is 2.29. The fraction of sp³-hybridized carbons (Fsp3) is 0.875. The number of nitrogens with zero attached hydrogens (tertiary/aromatic N) is 1. The first-order chi connectivity index (χ1) is 4.77. The first-order valence-corrected chi connectivity index (χ1v) is 3.84. The third-order valence-corrected chi connectivity index (χ3v) is 2.30. The summed E-state index contributed by atoms with van der Waals surface area (Å²) in [5.41, 5.74) is 0.412. The molecule has 1 N–H and O–H groups in total. The molecule has 1 heterocycles. The van der Waals surface area contributed by atoms with Crippen LogP contribution in [-0.2, 0) is 0 Å². The lowest BCUT2D eigenvalue weighted by atomic mass is 9.85. The molecule has 0 unspecified atom stereocenters. The molecule has 0 aliphatic carbocycles. The molecule has 0 aromatic carbocycles. The molecular weight excluding hydrogens is 124 g/mol. The molecule has 0 aromatic rings. The van der Waals surface area contributed by atoms with Crippen molar-refractivity contribution in [1.82, 2.24) is 5.32 Å². The first-order valence-electron chi connectivity index (χ1n) is 3.84. The van der Waals surface area contributed by atoms with Crippen molar-refractivity contribution in [2.24, 2.45) is 5.41 Å². The molecule has 1 aliphatic heterocycles. The largest absolute Gasteiger partial charge is 0.316 e. The van der Waals surface area contributed by atoms with E-state index in [0.29, 0.717) is 11.8 Å². The molecule has 1 atom stereocenters. The lowest BCUT2D eigenvalue weighted by molar-refractivity contribution is 0.339. The van der Waals surface area contributed by atoms with Crippen LogP contribution in [0, 0.1) is 16.7 Å². The Morgan fingerprint density at radius 2 is 2.50 bits per heavy atom. The SMILES string of the molecule is C[C@@]1(CCC#N)CCNC1. The smallest absolute Gasteiger partial charge is 0.0621 e. The van der Waals surface area contributed by atoms with Crippen LogP contribution in [0.5, 0.6) is 0 Å². The highest BCUT2D eigenvalue weighted by Gasteiger charge is 2.27. The molecule has 0 amide bonds. The molecule has 0 aromatic heterocycles. The normalized spacial score (nSPS) is 32.0. The summed E-state index contributed by atoms with van der Waals surface area (Å²) in [6.07, 6.45) is 2.99. The maximum Gasteiger partial charge on any atom is 0.0621 e. The summed E-state index contributed by atoms with van der Waals surface area (Å²) in [7, 11) is 0. The predicted molar refractivity (Wildman–Crippen MR) is 40.4 cm³/mol. The second-order valence-corrected chi connectivity index (χ2v) is 3.40. The van der Waals surface area contributed by atoms with Gasteiger partial charge < -0.3 is 5.32 Å². The van der Waals surface area contributed by atoms with E-state index in [-0.39, 0.29) is 0 Å². The van der Waals surface area contributed by atoms with E-state index in [9.17, 15) is 0 Å². The van der Waals surface area contributed by atoms with Gasteiger partial charge in [0.1, 0.15) is 0 Å². The molecule has 1 aliphatic rings. The average molecular weight is 138 g/mol. The van der Waals surface area contributed by atoms with Crippen molar-refractivity contribution >= 4 is 0 Å². The maximum absolute atomic E-state index is 8.37. The number of nitrogens with one attached hydrogen (secondary N) is 1. The van der Waals surface area contributed by atoms with Crippen LogP contribution in [0.1, 0.15) is 26.2 Å². The van der Waals surface area contributed by atoms with Crippen LogP contribution in [0.15, 0.2) is 0 Å². The topological polar surface area (TPSA) is 35.8 Å². The van der Waals surface area contributed by atoms with Gasteiger partial charge in [-0.2, -0.15) is 5.26 Å². The van der Waals surface area contributed by atoms with Gasteiger partial charge in [-0.05, 0) is 24.8 Å². The molecule has 10 heavy (non-hydrogen) atoms. The number of hydrogen-bond donors (Lipinski definition) is 1. The van der Waals surface area contributed by atoms with Crippen molar-refractivity contribution in [1.29, 1.82) is 5.26 Å². The van der Waals surface area contributed by atoms with E-state index >= 15 is 0 Å². The third-order valence-electron chi connectivity index (χ3n) is 2.30. The van der Waals surface area contributed by atoms with E-state index in [1.807, 2.05) is 0 Å². The van der Waals surface area contributed by atoms with E-state index in [1.165, 1.54) is 6.42 Å². The van der Waals surface area contributed by atoms with Gasteiger partial charge in [0, 0.05) is 13.0 Å². The van der Waals surface area contributed by atoms with Crippen molar-refractivity contribution in [2.45, 2.75) is 26.2 Å². The van der Waals surface area contributed by atoms with Crippen LogP contribution in [0.25, 0.3) is 0 Å². The zero-order valence-electron chi connectivity index (χ0n) is 6.48. The van der Waals surface area contributed by atoms with E-state index in [1.54, 1.807) is 0 Å². The minimum Gasteiger partial charge on any atom is -0.316 e. The molecule has 0 radical (unpaired) electrons. The predicted octanol–water partition coefficient (Wildman–Crippen LogP) is 1.29. The summed E-state index contributed by atoms with van der Waals surface area (Å²) in [5.74, 6) is 0. The Balaban J connectivity index is 2.30. The minimum absolute atomic E-state index is 0.412. The summed E-state index contributed by atoms with van der Waals surface area (Å²) >= 11 is 0. The molecule has 0 saturated carbocycles. The Hall–Kier alpha value is -0.550. The average Bonchev–Trinajstić information content (AvgIpc) is 2.33. The summed E-state index contributed by atoms with van der Waals surface area (Å²) in [4.78, 5) is 0. The van der Waals surface area contributed by atoms with E-state index < -0.39 is 0 Å². The summed E-state index contributed by atoms with van der Waals surface area (Å²) in [5, 5.41) is 11.7. The van der Waals surface area contributed by atoms with Gasteiger partial charge in [0.2, 0.25) is 0 Å². The highest BCUT2D eigenvalue weighted by atomic mass is 14.9. The summed E-state index contributed by atoms with van der Waals surface area (Å²) < 4.78 is 0. The van der Waals surface area contributed by atoms with Crippen LogP contribution in [0.4, 0.5) is 0 Å². The van der Waals surface area contributed by atoms with Gasteiger partial charge in [-0.25, -0.2) is 0 Å². The van der Waals surface area contributed by atoms with Gasteiger partial charge in [-0.3, -0.25) is 0 Å². The molecule has 2 nitrogen and oxygen atoms in total. The molecule has 0 bridgehead atoms. The number of nitriles is 1. The van der Waals surface area contributed by atoms with Crippen LogP contribution in [0.2, 0.25) is 0 Å². The van der Waals surface area contributed by atoms with Crippen LogP contribution >= 0.6 is 0 Å². The number of rotatable bonds is 2. The molecule has 56 valence electrons. The zero-order chi connectivity index (χ0) is 7.45. The van der Waals surface area contributed by atoms with E-state index in [0.717, 1.165) is 19.5 Å². The second-order valence-electron chi connectivity index (χ2n) is 3.40. The number of hydrogen-bond acceptors (Lipinski definition) is 2. The molecule has 1 fully saturated rings. The van der Waals surface area contributed by atoms with Crippen molar-refractivity contribution < 1.29 is 0 Å². The van der Waals surface area contributed by atoms with Gasteiger partial charge in [0.25, 0.3) is 0 Å². The molecule has 1 saturated heterocycles. The summed E-state index contributed by atoms with van der Waals surface area (Å²) in [6, 6.07) is 2.19. The first kappa shape index (κ1) is 7.56. The Morgan fingerprint density at radius 1 is 1.70 bits per heavy atom. The van der Waals surface area contributed by atoms with Gasteiger partial charge in [-0.1, -0.05) is 6.92 Å². The van der Waals surface area contributed by atoms with Crippen molar-refractivity contribution in [3.63, 3.8) is 0 Å². The molecule has 1 rings (SSSR count).